The number of hydrogen-bond acceptors (Lipinski definition) is 3. The molecule has 0 rings (SSSR count). The summed E-state index contributed by atoms with van der Waals surface area (Å²) in [4.78, 5) is 2.55. The van der Waals surface area contributed by atoms with E-state index in [-0.39, 0.29) is 12.1 Å². The predicted molar refractivity (Wildman–Crippen MR) is 80.0 cm³/mol. The van der Waals surface area contributed by atoms with Crippen molar-refractivity contribution in [2.75, 3.05) is 33.3 Å². The molecule has 0 aliphatic heterocycles. The minimum absolute atomic E-state index is 0.117. The Morgan fingerprint density at radius 2 is 1.83 bits per heavy atom. The van der Waals surface area contributed by atoms with Gasteiger partial charge in [-0.2, -0.15) is 0 Å². The summed E-state index contributed by atoms with van der Waals surface area (Å²) in [5.74, 6) is 0.832. The lowest BCUT2D eigenvalue weighted by molar-refractivity contribution is 0.160. The molecule has 3 heteroatoms. The van der Waals surface area contributed by atoms with Crippen LogP contribution in [0.4, 0.5) is 0 Å². The van der Waals surface area contributed by atoms with Crippen molar-refractivity contribution in [1.82, 2.24) is 10.2 Å². The second-order valence-corrected chi connectivity index (χ2v) is 5.65. The summed E-state index contributed by atoms with van der Waals surface area (Å²) in [5.41, 5.74) is -0.117. The molecule has 0 saturated carbocycles. The van der Waals surface area contributed by atoms with Gasteiger partial charge in [0.25, 0.3) is 0 Å². The number of nitrogens with one attached hydrogen (secondary N) is 1. The third kappa shape index (κ3) is 6.72. The van der Waals surface area contributed by atoms with E-state index in [0.29, 0.717) is 0 Å². The molecule has 0 spiro atoms. The topological polar surface area (TPSA) is 35.5 Å². The molecule has 0 heterocycles. The van der Waals surface area contributed by atoms with Gasteiger partial charge >= 0.3 is 0 Å². The van der Waals surface area contributed by atoms with Gasteiger partial charge in [0.15, 0.2) is 0 Å². The fourth-order valence-corrected chi connectivity index (χ4v) is 2.27. The van der Waals surface area contributed by atoms with Gasteiger partial charge in [-0.15, -0.1) is 0 Å². The Hall–Kier alpha value is -0.120. The zero-order chi connectivity index (χ0) is 14.0. The predicted octanol–water partition coefficient (Wildman–Crippen LogP) is 2.50. The van der Waals surface area contributed by atoms with Crippen LogP contribution in [0.25, 0.3) is 0 Å². The smallest absolute Gasteiger partial charge is 0.0610 e. The summed E-state index contributed by atoms with van der Waals surface area (Å²) in [6.45, 7) is 12.6. The minimum Gasteiger partial charge on any atom is -0.394 e. The third-order valence-electron chi connectivity index (χ3n) is 4.27. The molecule has 0 radical (unpaired) electrons. The molecular weight excluding hydrogens is 224 g/mol. The Morgan fingerprint density at radius 3 is 2.22 bits per heavy atom. The maximum Gasteiger partial charge on any atom is 0.0610 e. The van der Waals surface area contributed by atoms with E-state index >= 15 is 0 Å². The normalized spacial score (nSPS) is 15.3. The van der Waals surface area contributed by atoms with E-state index in [9.17, 15) is 5.11 Å². The van der Waals surface area contributed by atoms with Crippen LogP contribution in [-0.2, 0) is 0 Å². The molecule has 0 saturated heterocycles. The van der Waals surface area contributed by atoms with Crippen LogP contribution in [0, 0.1) is 5.92 Å². The van der Waals surface area contributed by atoms with Gasteiger partial charge in [-0.05, 0) is 45.8 Å². The van der Waals surface area contributed by atoms with Crippen LogP contribution < -0.4 is 5.32 Å². The number of nitrogens with zero attached hydrogens (tertiary/aromatic N) is 1. The largest absolute Gasteiger partial charge is 0.394 e. The SMILES string of the molecule is CCC(CC)CN(CC)CCCC(C)(CO)NC. The molecule has 2 N–H and O–H groups in total. The Morgan fingerprint density at radius 1 is 1.22 bits per heavy atom. The lowest BCUT2D eigenvalue weighted by atomic mass is 9.96. The van der Waals surface area contributed by atoms with Crippen LogP contribution in [0.5, 0.6) is 0 Å². The minimum atomic E-state index is -0.117. The summed E-state index contributed by atoms with van der Waals surface area (Å²) >= 11 is 0. The number of likely N-dealkylation sites (N-methyl/N-ethyl adjacent to an activating group) is 1. The van der Waals surface area contributed by atoms with E-state index in [1.807, 2.05) is 7.05 Å². The molecule has 0 aromatic carbocycles. The second kappa shape index (κ2) is 9.76. The summed E-state index contributed by atoms with van der Waals surface area (Å²) in [6.07, 6.45) is 4.72. The van der Waals surface area contributed by atoms with Gasteiger partial charge in [0.1, 0.15) is 0 Å². The molecule has 110 valence electrons. The lowest BCUT2D eigenvalue weighted by Crippen LogP contribution is -2.44. The van der Waals surface area contributed by atoms with E-state index in [0.717, 1.165) is 31.8 Å². The highest BCUT2D eigenvalue weighted by Crippen LogP contribution is 2.14. The molecule has 1 unspecified atom stereocenters. The Labute approximate surface area is 114 Å². The fourth-order valence-electron chi connectivity index (χ4n) is 2.27. The Balaban J connectivity index is 4.00. The summed E-state index contributed by atoms with van der Waals surface area (Å²) in [6, 6.07) is 0. The van der Waals surface area contributed by atoms with Crippen molar-refractivity contribution in [2.24, 2.45) is 5.92 Å². The van der Waals surface area contributed by atoms with Crippen molar-refractivity contribution in [3.8, 4) is 0 Å². The van der Waals surface area contributed by atoms with Gasteiger partial charge < -0.3 is 15.3 Å². The summed E-state index contributed by atoms with van der Waals surface area (Å²) in [5, 5.41) is 12.6. The maximum absolute atomic E-state index is 9.35. The van der Waals surface area contributed by atoms with Gasteiger partial charge in [-0.1, -0.05) is 33.6 Å². The average molecular weight is 258 g/mol. The highest BCUT2D eigenvalue weighted by atomic mass is 16.3. The van der Waals surface area contributed by atoms with E-state index < -0.39 is 0 Å². The van der Waals surface area contributed by atoms with Gasteiger partial charge in [0, 0.05) is 12.1 Å². The molecule has 3 nitrogen and oxygen atoms in total. The van der Waals surface area contributed by atoms with E-state index in [2.05, 4.69) is 37.9 Å². The zero-order valence-corrected chi connectivity index (χ0v) is 13.1. The van der Waals surface area contributed by atoms with Crippen LogP contribution in [0.3, 0.4) is 0 Å². The fraction of sp³-hybridized carbons (Fsp3) is 1.00. The van der Waals surface area contributed by atoms with Crippen LogP contribution in [0.1, 0.15) is 53.4 Å². The van der Waals surface area contributed by atoms with Gasteiger partial charge in [-0.3, -0.25) is 0 Å². The second-order valence-electron chi connectivity index (χ2n) is 5.65. The molecule has 18 heavy (non-hydrogen) atoms. The van der Waals surface area contributed by atoms with Crippen molar-refractivity contribution in [3.63, 3.8) is 0 Å². The molecule has 0 aromatic rings. The molecule has 0 aliphatic carbocycles. The standard InChI is InChI=1S/C15H34N2O/c1-6-14(7-2)12-17(8-3)11-9-10-15(4,13-18)16-5/h14,16,18H,6-13H2,1-5H3. The van der Waals surface area contributed by atoms with Gasteiger partial charge in [-0.25, -0.2) is 0 Å². The van der Waals surface area contributed by atoms with Crippen LogP contribution in [-0.4, -0.2) is 48.8 Å². The Kier molecular flexibility index (Phi) is 9.70. The van der Waals surface area contributed by atoms with Crippen molar-refractivity contribution in [1.29, 1.82) is 0 Å². The van der Waals surface area contributed by atoms with Crippen molar-refractivity contribution in [2.45, 2.75) is 58.9 Å². The molecule has 0 aromatic heterocycles. The van der Waals surface area contributed by atoms with Crippen molar-refractivity contribution in [3.05, 3.63) is 0 Å². The monoisotopic (exact) mass is 258 g/mol. The third-order valence-corrected chi connectivity index (χ3v) is 4.27. The quantitative estimate of drug-likeness (QED) is 0.598. The van der Waals surface area contributed by atoms with Crippen LogP contribution in [0.2, 0.25) is 0 Å². The zero-order valence-electron chi connectivity index (χ0n) is 13.1. The molecule has 0 aliphatic rings. The molecule has 0 fully saturated rings. The molecular formula is C15H34N2O. The van der Waals surface area contributed by atoms with E-state index in [4.69, 9.17) is 0 Å². The van der Waals surface area contributed by atoms with Crippen molar-refractivity contribution < 1.29 is 5.11 Å². The Bertz CT molecular complexity index is 189. The van der Waals surface area contributed by atoms with Gasteiger partial charge in [0.05, 0.1) is 6.61 Å². The van der Waals surface area contributed by atoms with Crippen molar-refractivity contribution >= 4 is 0 Å². The number of aliphatic hydroxyl groups excluding tert-OH is 1. The van der Waals surface area contributed by atoms with E-state index in [1.165, 1.54) is 19.4 Å². The van der Waals surface area contributed by atoms with Gasteiger partial charge in [0.2, 0.25) is 0 Å². The average Bonchev–Trinajstić information content (AvgIpc) is 2.42. The summed E-state index contributed by atoms with van der Waals surface area (Å²) in [7, 11) is 1.93. The number of hydrogen-bond donors (Lipinski definition) is 2. The highest BCUT2D eigenvalue weighted by Gasteiger charge is 2.20. The van der Waals surface area contributed by atoms with Crippen LogP contribution in [0.15, 0.2) is 0 Å². The summed E-state index contributed by atoms with van der Waals surface area (Å²) < 4.78 is 0. The first-order valence-corrected chi connectivity index (χ1v) is 7.57. The lowest BCUT2D eigenvalue weighted by Gasteiger charge is -2.29. The molecule has 0 amide bonds. The highest BCUT2D eigenvalue weighted by molar-refractivity contribution is 4.80. The molecule has 1 atom stereocenters. The molecule has 0 bridgehead atoms. The van der Waals surface area contributed by atoms with E-state index in [1.54, 1.807) is 0 Å². The number of rotatable bonds is 11. The van der Waals surface area contributed by atoms with Crippen LogP contribution >= 0.6 is 0 Å². The first-order valence-electron chi connectivity index (χ1n) is 7.57. The first-order chi connectivity index (χ1) is 8.55. The first kappa shape index (κ1) is 17.9. The number of aliphatic hydroxyl groups is 1. The maximum atomic E-state index is 9.35.